The average Bonchev–Trinajstić information content (AvgIpc) is 2.75. The van der Waals surface area contributed by atoms with Crippen LogP contribution in [0.1, 0.15) is 49.2 Å². The van der Waals surface area contributed by atoms with Crippen molar-refractivity contribution in [2.45, 2.75) is 46.3 Å². The van der Waals surface area contributed by atoms with Gasteiger partial charge in [0, 0.05) is 6.04 Å². The van der Waals surface area contributed by atoms with Crippen molar-refractivity contribution in [2.75, 3.05) is 0 Å². The third kappa shape index (κ3) is 2.54. The number of hydrogen-bond donors (Lipinski definition) is 1. The zero-order valence-electron chi connectivity index (χ0n) is 12.6. The van der Waals surface area contributed by atoms with E-state index in [1.807, 2.05) is 29.8 Å². The molecule has 1 heterocycles. The molecule has 1 atom stereocenters. The Labute approximate surface area is 128 Å². The molecular formula is C16H21BrN2O. The highest BCUT2D eigenvalue weighted by Gasteiger charge is 2.33. The molecule has 0 aliphatic heterocycles. The highest BCUT2D eigenvalue weighted by atomic mass is 79.9. The van der Waals surface area contributed by atoms with Crippen molar-refractivity contribution in [3.8, 4) is 0 Å². The smallest absolute Gasteiger partial charge is 0.129 e. The molecule has 2 rings (SSSR count). The Morgan fingerprint density at radius 1 is 1.25 bits per heavy atom. The van der Waals surface area contributed by atoms with Crippen molar-refractivity contribution in [1.82, 2.24) is 9.78 Å². The minimum absolute atomic E-state index is 0.189. The summed E-state index contributed by atoms with van der Waals surface area (Å²) in [4.78, 5) is 0. The zero-order valence-corrected chi connectivity index (χ0v) is 14.2. The standard InChI is InChI=1S/C16H21BrN2O/c1-10(2)19-15(14(17)9-18-19)16(5,20)13-7-6-11(3)12(4)8-13/h6-10,20H,1-5H3. The summed E-state index contributed by atoms with van der Waals surface area (Å²) >= 11 is 3.51. The first-order valence-corrected chi connectivity index (χ1v) is 7.58. The van der Waals surface area contributed by atoms with Gasteiger partial charge in [-0.25, -0.2) is 0 Å². The topological polar surface area (TPSA) is 38.1 Å². The van der Waals surface area contributed by atoms with Gasteiger partial charge in [-0.2, -0.15) is 5.10 Å². The van der Waals surface area contributed by atoms with E-state index in [9.17, 15) is 5.11 Å². The van der Waals surface area contributed by atoms with Gasteiger partial charge in [-0.3, -0.25) is 4.68 Å². The van der Waals surface area contributed by atoms with Gasteiger partial charge in [0.05, 0.1) is 16.4 Å². The first-order chi connectivity index (χ1) is 9.25. The molecule has 1 unspecified atom stereocenters. The third-order valence-electron chi connectivity index (χ3n) is 3.77. The van der Waals surface area contributed by atoms with Gasteiger partial charge < -0.3 is 5.11 Å². The fourth-order valence-electron chi connectivity index (χ4n) is 2.37. The van der Waals surface area contributed by atoms with Crippen LogP contribution < -0.4 is 0 Å². The van der Waals surface area contributed by atoms with Crippen molar-refractivity contribution in [3.05, 3.63) is 51.3 Å². The Kier molecular flexibility index (Phi) is 4.07. The van der Waals surface area contributed by atoms with E-state index < -0.39 is 5.60 Å². The van der Waals surface area contributed by atoms with E-state index in [1.165, 1.54) is 11.1 Å². The van der Waals surface area contributed by atoms with Crippen molar-refractivity contribution in [3.63, 3.8) is 0 Å². The van der Waals surface area contributed by atoms with Crippen LogP contribution in [0.4, 0.5) is 0 Å². The minimum Gasteiger partial charge on any atom is -0.379 e. The lowest BCUT2D eigenvalue weighted by Gasteiger charge is -2.27. The number of rotatable bonds is 3. The maximum absolute atomic E-state index is 11.1. The predicted octanol–water partition coefficient (Wildman–Crippen LogP) is 4.10. The minimum atomic E-state index is -1.09. The molecule has 0 saturated carbocycles. The first kappa shape index (κ1) is 15.3. The van der Waals surface area contributed by atoms with Gasteiger partial charge in [-0.1, -0.05) is 18.2 Å². The van der Waals surface area contributed by atoms with Crippen molar-refractivity contribution in [2.24, 2.45) is 0 Å². The van der Waals surface area contributed by atoms with Gasteiger partial charge in [-0.05, 0) is 67.2 Å². The van der Waals surface area contributed by atoms with Crippen LogP contribution in [-0.2, 0) is 5.60 Å². The van der Waals surface area contributed by atoms with Crippen molar-refractivity contribution in [1.29, 1.82) is 0 Å². The van der Waals surface area contributed by atoms with Crippen LogP contribution >= 0.6 is 15.9 Å². The second-order valence-corrected chi connectivity index (χ2v) is 6.61. The predicted molar refractivity (Wildman–Crippen MR) is 84.9 cm³/mol. The maximum atomic E-state index is 11.1. The lowest BCUT2D eigenvalue weighted by molar-refractivity contribution is 0.0891. The van der Waals surface area contributed by atoms with E-state index >= 15 is 0 Å². The van der Waals surface area contributed by atoms with Crippen LogP contribution in [0.25, 0.3) is 0 Å². The molecule has 20 heavy (non-hydrogen) atoms. The van der Waals surface area contributed by atoms with Crippen molar-refractivity contribution >= 4 is 15.9 Å². The highest BCUT2D eigenvalue weighted by molar-refractivity contribution is 9.10. The fraction of sp³-hybridized carbons (Fsp3) is 0.438. The second kappa shape index (κ2) is 5.34. The Morgan fingerprint density at radius 2 is 1.90 bits per heavy atom. The molecule has 0 bridgehead atoms. The number of hydrogen-bond acceptors (Lipinski definition) is 2. The van der Waals surface area contributed by atoms with Crippen LogP contribution in [0, 0.1) is 13.8 Å². The molecule has 0 aliphatic carbocycles. The summed E-state index contributed by atoms with van der Waals surface area (Å²) < 4.78 is 2.69. The Bertz CT molecular complexity index is 629. The van der Waals surface area contributed by atoms with Crippen LogP contribution in [0.5, 0.6) is 0 Å². The van der Waals surface area contributed by atoms with Crippen LogP contribution in [0.2, 0.25) is 0 Å². The molecule has 0 aliphatic rings. The SMILES string of the molecule is Cc1ccc(C(C)(O)c2c(Br)cnn2C(C)C)cc1C. The molecule has 1 aromatic heterocycles. The van der Waals surface area contributed by atoms with Crippen LogP contribution in [-0.4, -0.2) is 14.9 Å². The van der Waals surface area contributed by atoms with Crippen LogP contribution in [0.3, 0.4) is 0 Å². The molecule has 1 N–H and O–H groups in total. The van der Waals surface area contributed by atoms with Gasteiger partial charge >= 0.3 is 0 Å². The molecule has 108 valence electrons. The Morgan fingerprint density at radius 3 is 2.45 bits per heavy atom. The summed E-state index contributed by atoms with van der Waals surface area (Å²) in [6.45, 7) is 10.1. The molecule has 3 nitrogen and oxygen atoms in total. The quantitative estimate of drug-likeness (QED) is 0.916. The molecule has 0 radical (unpaired) electrons. The summed E-state index contributed by atoms with van der Waals surface area (Å²) in [5, 5.41) is 15.4. The molecule has 1 aromatic carbocycles. The summed E-state index contributed by atoms with van der Waals surface area (Å²) in [6, 6.07) is 6.25. The average molecular weight is 337 g/mol. The number of halogens is 1. The van der Waals surface area contributed by atoms with Crippen molar-refractivity contribution < 1.29 is 5.11 Å². The number of benzene rings is 1. The number of aromatic nitrogens is 2. The number of aliphatic hydroxyl groups is 1. The molecular weight excluding hydrogens is 316 g/mol. The Hall–Kier alpha value is -1.13. The molecule has 0 fully saturated rings. The molecule has 4 heteroatoms. The normalized spacial score (nSPS) is 14.6. The fourth-order valence-corrected chi connectivity index (χ4v) is 3.03. The van der Waals surface area contributed by atoms with Crippen LogP contribution in [0.15, 0.2) is 28.9 Å². The van der Waals surface area contributed by atoms with Gasteiger partial charge in [0.2, 0.25) is 0 Å². The largest absolute Gasteiger partial charge is 0.379 e. The van der Waals surface area contributed by atoms with E-state index in [-0.39, 0.29) is 6.04 Å². The lowest BCUT2D eigenvalue weighted by atomic mass is 9.90. The zero-order chi connectivity index (χ0) is 15.1. The second-order valence-electron chi connectivity index (χ2n) is 5.75. The van der Waals surface area contributed by atoms with Gasteiger partial charge in [0.25, 0.3) is 0 Å². The molecule has 0 spiro atoms. The van der Waals surface area contributed by atoms with E-state index in [4.69, 9.17) is 0 Å². The van der Waals surface area contributed by atoms with Gasteiger partial charge in [-0.15, -0.1) is 0 Å². The summed E-state index contributed by atoms with van der Waals surface area (Å²) in [5.74, 6) is 0. The lowest BCUT2D eigenvalue weighted by Crippen LogP contribution is -2.28. The highest BCUT2D eigenvalue weighted by Crippen LogP contribution is 2.36. The first-order valence-electron chi connectivity index (χ1n) is 6.78. The van der Waals surface area contributed by atoms with Gasteiger partial charge in [0.1, 0.15) is 5.60 Å². The number of aryl methyl sites for hydroxylation is 2. The summed E-state index contributed by atoms with van der Waals surface area (Å²) in [6.07, 6.45) is 1.74. The van der Waals surface area contributed by atoms with E-state index in [2.05, 4.69) is 48.7 Å². The monoisotopic (exact) mass is 336 g/mol. The van der Waals surface area contributed by atoms with Gasteiger partial charge in [0.15, 0.2) is 0 Å². The Balaban J connectivity index is 2.59. The molecule has 0 amide bonds. The van der Waals surface area contributed by atoms with E-state index in [0.29, 0.717) is 0 Å². The van der Waals surface area contributed by atoms with E-state index in [0.717, 1.165) is 15.7 Å². The third-order valence-corrected chi connectivity index (χ3v) is 4.35. The molecule has 0 saturated heterocycles. The maximum Gasteiger partial charge on any atom is 0.129 e. The summed E-state index contributed by atoms with van der Waals surface area (Å²) in [7, 11) is 0. The number of nitrogens with zero attached hydrogens (tertiary/aromatic N) is 2. The van der Waals surface area contributed by atoms with E-state index in [1.54, 1.807) is 6.20 Å². The molecule has 2 aromatic rings. The summed E-state index contributed by atoms with van der Waals surface area (Å²) in [5.41, 5.74) is 2.98.